The van der Waals surface area contributed by atoms with Crippen LogP contribution in [-0.2, 0) is 14.3 Å². The molecule has 0 amide bonds. The number of rotatable bonds is 2. The van der Waals surface area contributed by atoms with E-state index in [0.717, 1.165) is 0 Å². The lowest BCUT2D eigenvalue weighted by molar-refractivity contribution is -0.152. The smallest absolute Gasteiger partial charge is 0.321 e. The number of carboxylic acid groups (broad SMARTS) is 1. The quantitative estimate of drug-likeness (QED) is 0.605. The molecule has 4 nitrogen and oxygen atoms in total. The first-order chi connectivity index (χ1) is 7.59. The highest BCUT2D eigenvalue weighted by molar-refractivity contribution is 5.96. The van der Waals surface area contributed by atoms with Gasteiger partial charge in [0.2, 0.25) is 0 Å². The number of ether oxygens (including phenoxy) is 1. The first-order valence-corrected chi connectivity index (χ1v) is 4.74. The van der Waals surface area contributed by atoms with E-state index in [9.17, 15) is 14.0 Å². The van der Waals surface area contributed by atoms with Crippen LogP contribution in [0.5, 0.6) is 0 Å². The summed E-state index contributed by atoms with van der Waals surface area (Å²) in [6.45, 7) is -0.0146. The van der Waals surface area contributed by atoms with E-state index < -0.39 is 29.6 Å². The van der Waals surface area contributed by atoms with Crippen molar-refractivity contribution in [3.05, 3.63) is 35.6 Å². The highest BCUT2D eigenvalue weighted by atomic mass is 19.1. The number of benzene rings is 1. The minimum atomic E-state index is -1.24. The molecular weight excluding hydrogens is 215 g/mol. The second kappa shape index (κ2) is 3.92. The van der Waals surface area contributed by atoms with E-state index in [1.54, 1.807) is 6.07 Å². The molecule has 0 aromatic heterocycles. The SMILES string of the molecule is O=C(O)C1C(=O)OCC1c1cccc(F)c1. The molecule has 1 heterocycles. The van der Waals surface area contributed by atoms with Gasteiger partial charge in [0.25, 0.3) is 0 Å². The fourth-order valence-electron chi connectivity index (χ4n) is 1.82. The number of carboxylic acids is 1. The van der Waals surface area contributed by atoms with E-state index in [1.807, 2.05) is 0 Å². The zero-order valence-electron chi connectivity index (χ0n) is 8.22. The third-order valence-corrected chi connectivity index (χ3v) is 2.60. The standard InChI is InChI=1S/C11H9FO4/c12-7-3-1-2-6(4-7)8-5-16-11(15)9(8)10(13)14/h1-4,8-9H,5H2,(H,13,14). The molecule has 1 aromatic carbocycles. The molecule has 5 heteroatoms. The summed E-state index contributed by atoms with van der Waals surface area (Å²) in [7, 11) is 0. The minimum absolute atomic E-state index is 0.0146. The zero-order chi connectivity index (χ0) is 11.7. The average molecular weight is 224 g/mol. The van der Waals surface area contributed by atoms with E-state index >= 15 is 0 Å². The predicted octanol–water partition coefficient (Wildman–Crippen LogP) is 1.17. The van der Waals surface area contributed by atoms with E-state index in [2.05, 4.69) is 0 Å². The number of halogens is 1. The van der Waals surface area contributed by atoms with Crippen molar-refractivity contribution < 1.29 is 23.8 Å². The Hall–Kier alpha value is -1.91. The summed E-state index contributed by atoms with van der Waals surface area (Å²) >= 11 is 0. The van der Waals surface area contributed by atoms with E-state index in [4.69, 9.17) is 9.84 Å². The van der Waals surface area contributed by atoms with Gasteiger partial charge in [-0.15, -0.1) is 0 Å². The summed E-state index contributed by atoms with van der Waals surface area (Å²) in [4.78, 5) is 22.1. The third kappa shape index (κ3) is 1.76. The van der Waals surface area contributed by atoms with Gasteiger partial charge in [0.1, 0.15) is 5.82 Å². The van der Waals surface area contributed by atoms with Crippen molar-refractivity contribution in [2.24, 2.45) is 5.92 Å². The fourth-order valence-corrected chi connectivity index (χ4v) is 1.82. The van der Waals surface area contributed by atoms with Gasteiger partial charge >= 0.3 is 11.9 Å². The highest BCUT2D eigenvalue weighted by Gasteiger charge is 2.43. The summed E-state index contributed by atoms with van der Waals surface area (Å²) in [5.74, 6) is -4.30. The Balaban J connectivity index is 2.34. The molecule has 0 saturated carbocycles. The molecule has 0 spiro atoms. The molecule has 2 rings (SSSR count). The van der Waals surface area contributed by atoms with Crippen molar-refractivity contribution in [1.29, 1.82) is 0 Å². The predicted molar refractivity (Wildman–Crippen MR) is 51.2 cm³/mol. The van der Waals surface area contributed by atoms with Crippen LogP contribution in [0.25, 0.3) is 0 Å². The zero-order valence-corrected chi connectivity index (χ0v) is 8.22. The maximum absolute atomic E-state index is 13.0. The summed E-state index contributed by atoms with van der Waals surface area (Å²) in [6, 6.07) is 5.55. The van der Waals surface area contributed by atoms with Gasteiger partial charge in [-0.25, -0.2) is 4.39 Å². The molecule has 2 unspecified atom stereocenters. The number of cyclic esters (lactones) is 1. The number of hydrogen-bond donors (Lipinski definition) is 1. The normalized spacial score (nSPS) is 24.2. The number of aliphatic carboxylic acids is 1. The average Bonchev–Trinajstić information content (AvgIpc) is 2.60. The van der Waals surface area contributed by atoms with Gasteiger partial charge in [0, 0.05) is 5.92 Å². The van der Waals surface area contributed by atoms with Crippen molar-refractivity contribution in [3.8, 4) is 0 Å². The van der Waals surface area contributed by atoms with E-state index in [-0.39, 0.29) is 6.61 Å². The molecule has 1 aliphatic heterocycles. The van der Waals surface area contributed by atoms with Gasteiger partial charge in [-0.1, -0.05) is 12.1 Å². The van der Waals surface area contributed by atoms with Gasteiger partial charge in [-0.3, -0.25) is 9.59 Å². The summed E-state index contributed by atoms with van der Waals surface area (Å²) < 4.78 is 17.7. The van der Waals surface area contributed by atoms with Crippen LogP contribution in [0.2, 0.25) is 0 Å². The third-order valence-electron chi connectivity index (χ3n) is 2.60. The second-order valence-electron chi connectivity index (χ2n) is 3.61. The van der Waals surface area contributed by atoms with Crippen LogP contribution in [0.4, 0.5) is 4.39 Å². The van der Waals surface area contributed by atoms with Crippen LogP contribution in [0, 0.1) is 11.7 Å². The molecule has 1 fully saturated rings. The molecule has 0 aliphatic carbocycles. The second-order valence-corrected chi connectivity index (χ2v) is 3.61. The minimum Gasteiger partial charge on any atom is -0.481 e. The summed E-state index contributed by atoms with van der Waals surface area (Å²) in [6.07, 6.45) is 0. The Morgan fingerprint density at radius 1 is 1.50 bits per heavy atom. The largest absolute Gasteiger partial charge is 0.481 e. The number of hydrogen-bond acceptors (Lipinski definition) is 3. The molecule has 0 bridgehead atoms. The Kier molecular flexibility index (Phi) is 2.60. The molecule has 1 aliphatic rings. The van der Waals surface area contributed by atoms with Crippen LogP contribution >= 0.6 is 0 Å². The van der Waals surface area contributed by atoms with Gasteiger partial charge in [-0.05, 0) is 17.7 Å². The number of carbonyl (C=O) groups is 2. The molecule has 1 saturated heterocycles. The van der Waals surface area contributed by atoms with E-state index in [1.165, 1.54) is 18.2 Å². The van der Waals surface area contributed by atoms with Gasteiger partial charge in [0.15, 0.2) is 5.92 Å². The molecule has 16 heavy (non-hydrogen) atoms. The summed E-state index contributed by atoms with van der Waals surface area (Å²) in [5.41, 5.74) is 0.471. The molecule has 84 valence electrons. The highest BCUT2D eigenvalue weighted by Crippen LogP contribution is 2.32. The van der Waals surface area contributed by atoms with Crippen LogP contribution in [0.3, 0.4) is 0 Å². The molecule has 1 N–H and O–H groups in total. The molecule has 1 aromatic rings. The Morgan fingerprint density at radius 2 is 2.25 bits per heavy atom. The number of carbonyl (C=O) groups excluding carboxylic acids is 1. The van der Waals surface area contributed by atoms with E-state index in [0.29, 0.717) is 5.56 Å². The van der Waals surface area contributed by atoms with Crippen LogP contribution in [-0.4, -0.2) is 23.7 Å². The first-order valence-electron chi connectivity index (χ1n) is 4.74. The lowest BCUT2D eigenvalue weighted by Gasteiger charge is -2.11. The van der Waals surface area contributed by atoms with Crippen molar-refractivity contribution in [3.63, 3.8) is 0 Å². The Morgan fingerprint density at radius 3 is 2.88 bits per heavy atom. The van der Waals surface area contributed by atoms with Gasteiger partial charge in [-0.2, -0.15) is 0 Å². The first kappa shape index (κ1) is 10.6. The molecular formula is C11H9FO4. The lowest BCUT2D eigenvalue weighted by atomic mass is 9.88. The van der Waals surface area contributed by atoms with Crippen LogP contribution in [0.15, 0.2) is 24.3 Å². The van der Waals surface area contributed by atoms with Crippen molar-refractivity contribution in [2.45, 2.75) is 5.92 Å². The van der Waals surface area contributed by atoms with Gasteiger partial charge in [0.05, 0.1) is 6.61 Å². The van der Waals surface area contributed by atoms with Crippen LogP contribution in [0.1, 0.15) is 11.5 Å². The van der Waals surface area contributed by atoms with Crippen molar-refractivity contribution in [2.75, 3.05) is 6.61 Å². The maximum Gasteiger partial charge on any atom is 0.321 e. The fraction of sp³-hybridized carbons (Fsp3) is 0.273. The van der Waals surface area contributed by atoms with Crippen molar-refractivity contribution in [1.82, 2.24) is 0 Å². The Bertz CT molecular complexity index is 443. The Labute approximate surface area is 90.6 Å². The van der Waals surface area contributed by atoms with Crippen molar-refractivity contribution >= 4 is 11.9 Å². The molecule has 0 radical (unpaired) electrons. The lowest BCUT2D eigenvalue weighted by Crippen LogP contribution is -2.24. The van der Waals surface area contributed by atoms with Gasteiger partial charge < -0.3 is 9.84 Å². The number of esters is 1. The topological polar surface area (TPSA) is 63.6 Å². The maximum atomic E-state index is 13.0. The summed E-state index contributed by atoms with van der Waals surface area (Å²) in [5, 5.41) is 8.89. The molecule has 2 atom stereocenters. The van der Waals surface area contributed by atoms with Crippen LogP contribution < -0.4 is 0 Å². The monoisotopic (exact) mass is 224 g/mol.